The molecule has 12 rings (SSSR count). The number of hydrogen-bond acceptors (Lipinski definition) is 3. The molecule has 0 N–H and O–H groups in total. The van der Waals surface area contributed by atoms with Crippen molar-refractivity contribution in [3.8, 4) is 33.4 Å². The number of para-hydroxylation sites is 2. The zero-order valence-corrected chi connectivity index (χ0v) is 32.2. The van der Waals surface area contributed by atoms with Crippen molar-refractivity contribution in [2.75, 3.05) is 4.90 Å². The molecule has 9 aromatic carbocycles. The Kier molecular flexibility index (Phi) is 6.98. The molecule has 274 valence electrons. The minimum atomic E-state index is -0.164. The van der Waals surface area contributed by atoms with Gasteiger partial charge in [-0.1, -0.05) is 141 Å². The van der Waals surface area contributed by atoms with E-state index in [1.807, 2.05) is 18.2 Å². The minimum absolute atomic E-state index is 0.164. The standard InChI is InChI=1S/C55H37NO2/c1-55(2)46-16-8-5-13-41(46)42-27-25-39(32-47(42)55)56(40-26-28-44-43-14-6-9-17-49(43)58-52(44)33-40)48-29-30-51-54(45-15-7-10-18-50(45)57-51)53(48)36-22-19-35(20-23-36)38-24-21-34-11-3-4-12-37(34)31-38/h3-33H,1-2H3. The Morgan fingerprint density at radius 1 is 0.397 bits per heavy atom. The average molecular weight is 744 g/mol. The van der Waals surface area contributed by atoms with Gasteiger partial charge in [0.05, 0.1) is 5.69 Å². The van der Waals surface area contributed by atoms with Crippen LogP contribution in [0.4, 0.5) is 17.1 Å². The second kappa shape index (κ2) is 12.3. The molecule has 2 aromatic heterocycles. The van der Waals surface area contributed by atoms with Crippen LogP contribution in [-0.2, 0) is 5.41 Å². The van der Waals surface area contributed by atoms with Crippen molar-refractivity contribution >= 4 is 71.7 Å². The maximum atomic E-state index is 6.58. The molecule has 3 heteroatoms. The van der Waals surface area contributed by atoms with Gasteiger partial charge in [-0.15, -0.1) is 0 Å². The van der Waals surface area contributed by atoms with Crippen molar-refractivity contribution in [1.29, 1.82) is 0 Å². The Balaban J connectivity index is 1.11. The second-order valence-corrected chi connectivity index (χ2v) is 16.1. The van der Waals surface area contributed by atoms with E-state index in [0.717, 1.165) is 72.1 Å². The second-order valence-electron chi connectivity index (χ2n) is 16.1. The van der Waals surface area contributed by atoms with Gasteiger partial charge in [-0.25, -0.2) is 0 Å². The minimum Gasteiger partial charge on any atom is -0.456 e. The van der Waals surface area contributed by atoms with Crippen LogP contribution in [0.5, 0.6) is 0 Å². The molecule has 0 spiro atoms. The van der Waals surface area contributed by atoms with E-state index in [-0.39, 0.29) is 5.41 Å². The van der Waals surface area contributed by atoms with Gasteiger partial charge in [0.1, 0.15) is 22.3 Å². The maximum Gasteiger partial charge on any atom is 0.137 e. The first-order valence-corrected chi connectivity index (χ1v) is 20.0. The molecule has 11 aromatic rings. The van der Waals surface area contributed by atoms with Gasteiger partial charge in [-0.2, -0.15) is 0 Å². The van der Waals surface area contributed by atoms with Gasteiger partial charge in [0.2, 0.25) is 0 Å². The van der Waals surface area contributed by atoms with Crippen LogP contribution in [0.3, 0.4) is 0 Å². The number of furan rings is 2. The van der Waals surface area contributed by atoms with E-state index in [1.165, 1.54) is 44.2 Å². The molecule has 0 saturated heterocycles. The van der Waals surface area contributed by atoms with E-state index >= 15 is 0 Å². The lowest BCUT2D eigenvalue weighted by Crippen LogP contribution is -2.17. The van der Waals surface area contributed by atoms with E-state index in [9.17, 15) is 0 Å². The van der Waals surface area contributed by atoms with Crippen molar-refractivity contribution in [3.05, 3.63) is 199 Å². The summed E-state index contributed by atoms with van der Waals surface area (Å²) in [5.74, 6) is 0. The van der Waals surface area contributed by atoms with E-state index in [0.29, 0.717) is 0 Å². The molecule has 0 amide bonds. The highest BCUT2D eigenvalue weighted by atomic mass is 16.3. The van der Waals surface area contributed by atoms with Crippen molar-refractivity contribution in [2.45, 2.75) is 19.3 Å². The predicted octanol–water partition coefficient (Wildman–Crippen LogP) is 15.7. The summed E-state index contributed by atoms with van der Waals surface area (Å²) in [6, 6.07) is 67.8. The van der Waals surface area contributed by atoms with Gasteiger partial charge >= 0.3 is 0 Å². The zero-order chi connectivity index (χ0) is 38.5. The first-order valence-electron chi connectivity index (χ1n) is 20.0. The summed E-state index contributed by atoms with van der Waals surface area (Å²) in [6.45, 7) is 4.69. The first-order chi connectivity index (χ1) is 28.5. The molecule has 0 saturated carbocycles. The average Bonchev–Trinajstić information content (AvgIpc) is 3.91. The number of anilines is 3. The van der Waals surface area contributed by atoms with Gasteiger partial charge in [0.15, 0.2) is 0 Å². The van der Waals surface area contributed by atoms with E-state index in [4.69, 9.17) is 8.83 Å². The lowest BCUT2D eigenvalue weighted by atomic mass is 9.82. The fraction of sp³-hybridized carbons (Fsp3) is 0.0545. The Bertz CT molecular complexity index is 3440. The molecule has 1 aliphatic rings. The summed E-state index contributed by atoms with van der Waals surface area (Å²) >= 11 is 0. The Hall–Kier alpha value is -7.36. The lowest BCUT2D eigenvalue weighted by molar-refractivity contribution is 0.660. The molecule has 3 nitrogen and oxygen atoms in total. The van der Waals surface area contributed by atoms with Crippen LogP contribution in [-0.4, -0.2) is 0 Å². The number of hydrogen-bond donors (Lipinski definition) is 0. The largest absolute Gasteiger partial charge is 0.456 e. The predicted molar refractivity (Wildman–Crippen MR) is 242 cm³/mol. The van der Waals surface area contributed by atoms with Gasteiger partial charge in [0.25, 0.3) is 0 Å². The summed E-state index contributed by atoms with van der Waals surface area (Å²) < 4.78 is 13.1. The highest BCUT2D eigenvalue weighted by molar-refractivity contribution is 6.17. The van der Waals surface area contributed by atoms with E-state index in [2.05, 4.69) is 189 Å². The number of rotatable bonds is 5. The molecule has 0 bridgehead atoms. The quantitative estimate of drug-likeness (QED) is 0.176. The number of nitrogens with zero attached hydrogens (tertiary/aromatic N) is 1. The smallest absolute Gasteiger partial charge is 0.137 e. The molecule has 0 radical (unpaired) electrons. The fourth-order valence-corrected chi connectivity index (χ4v) is 9.59. The summed E-state index contributed by atoms with van der Waals surface area (Å²) in [5.41, 5.74) is 16.3. The molecule has 0 fully saturated rings. The van der Waals surface area contributed by atoms with Crippen LogP contribution in [0.15, 0.2) is 197 Å². The molecule has 2 heterocycles. The molecular weight excluding hydrogens is 707 g/mol. The van der Waals surface area contributed by atoms with Crippen LogP contribution < -0.4 is 4.90 Å². The van der Waals surface area contributed by atoms with E-state index < -0.39 is 0 Å². The molecule has 0 atom stereocenters. The summed E-state index contributed by atoms with van der Waals surface area (Å²) in [4.78, 5) is 2.42. The van der Waals surface area contributed by atoms with Crippen LogP contribution >= 0.6 is 0 Å². The number of benzene rings is 9. The summed E-state index contributed by atoms with van der Waals surface area (Å²) in [6.07, 6.45) is 0. The van der Waals surface area contributed by atoms with Gasteiger partial charge in [-0.05, 0) is 104 Å². The summed E-state index contributed by atoms with van der Waals surface area (Å²) in [5, 5.41) is 6.88. The lowest BCUT2D eigenvalue weighted by Gasteiger charge is -2.30. The first kappa shape index (κ1) is 32.8. The van der Waals surface area contributed by atoms with Gasteiger partial charge in [0, 0.05) is 50.0 Å². The monoisotopic (exact) mass is 743 g/mol. The van der Waals surface area contributed by atoms with Crippen LogP contribution in [0.1, 0.15) is 25.0 Å². The Labute approximate surface area is 336 Å². The third kappa shape index (κ3) is 4.86. The maximum absolute atomic E-state index is 6.58. The fourth-order valence-electron chi connectivity index (χ4n) is 9.59. The van der Waals surface area contributed by atoms with Crippen LogP contribution in [0.2, 0.25) is 0 Å². The van der Waals surface area contributed by atoms with Gasteiger partial charge in [-0.3, -0.25) is 0 Å². The van der Waals surface area contributed by atoms with Crippen molar-refractivity contribution in [1.82, 2.24) is 0 Å². The third-order valence-electron chi connectivity index (χ3n) is 12.5. The topological polar surface area (TPSA) is 29.5 Å². The zero-order valence-electron chi connectivity index (χ0n) is 32.2. The normalized spacial score (nSPS) is 13.1. The highest BCUT2D eigenvalue weighted by Crippen LogP contribution is 2.53. The highest BCUT2D eigenvalue weighted by Gasteiger charge is 2.36. The molecule has 0 aliphatic heterocycles. The number of fused-ring (bicyclic) bond motifs is 10. The van der Waals surface area contributed by atoms with Crippen molar-refractivity contribution in [3.63, 3.8) is 0 Å². The van der Waals surface area contributed by atoms with Gasteiger partial charge < -0.3 is 13.7 Å². The van der Waals surface area contributed by atoms with Crippen molar-refractivity contribution in [2.24, 2.45) is 0 Å². The third-order valence-corrected chi connectivity index (χ3v) is 12.5. The van der Waals surface area contributed by atoms with E-state index in [1.54, 1.807) is 0 Å². The van der Waals surface area contributed by atoms with Crippen molar-refractivity contribution < 1.29 is 8.83 Å². The Morgan fingerprint density at radius 2 is 1.02 bits per heavy atom. The van der Waals surface area contributed by atoms with Crippen LogP contribution in [0, 0.1) is 0 Å². The summed E-state index contributed by atoms with van der Waals surface area (Å²) in [7, 11) is 0. The Morgan fingerprint density at radius 3 is 1.88 bits per heavy atom. The molecular formula is C55H37NO2. The van der Waals surface area contributed by atoms with Crippen LogP contribution in [0.25, 0.3) is 88.0 Å². The molecule has 1 aliphatic carbocycles. The molecule has 58 heavy (non-hydrogen) atoms. The molecule has 0 unspecified atom stereocenters. The SMILES string of the molecule is CC1(C)c2ccccc2-c2ccc(N(c3ccc4c(c3)oc3ccccc34)c3ccc4oc5ccccc5c4c3-c3ccc(-c4ccc5ccccc5c4)cc3)cc21.